The predicted octanol–water partition coefficient (Wildman–Crippen LogP) is 3.63. The number of aldehydes is 1. The second-order valence-corrected chi connectivity index (χ2v) is 5.12. The molecule has 0 radical (unpaired) electrons. The predicted molar refractivity (Wildman–Crippen MR) is 81.0 cm³/mol. The van der Waals surface area contributed by atoms with E-state index in [2.05, 4.69) is 26.0 Å². The van der Waals surface area contributed by atoms with Crippen molar-refractivity contribution in [2.45, 2.75) is 0 Å². The highest BCUT2D eigenvalue weighted by Crippen LogP contribution is 2.25. The van der Waals surface area contributed by atoms with Crippen molar-refractivity contribution in [1.82, 2.24) is 14.8 Å². The minimum atomic E-state index is 0.185. The van der Waals surface area contributed by atoms with Crippen molar-refractivity contribution in [2.24, 2.45) is 0 Å². The highest BCUT2D eigenvalue weighted by molar-refractivity contribution is 9.10. The molecule has 0 N–H and O–H groups in total. The molecular formula is C15H10BrN3O2. The van der Waals surface area contributed by atoms with E-state index in [-0.39, 0.29) is 6.01 Å². The Morgan fingerprint density at radius 1 is 1.14 bits per heavy atom. The lowest BCUT2D eigenvalue weighted by Crippen LogP contribution is -1.95. The van der Waals surface area contributed by atoms with Gasteiger partial charge in [0.25, 0.3) is 0 Å². The topological polar surface area (TPSA) is 57.0 Å². The normalized spacial score (nSPS) is 10.3. The summed E-state index contributed by atoms with van der Waals surface area (Å²) >= 11 is 3.31. The summed E-state index contributed by atoms with van der Waals surface area (Å²) in [7, 11) is 0. The number of hydrogen-bond acceptors (Lipinski definition) is 4. The number of carbonyl (C=O) groups is 1. The third-order valence-electron chi connectivity index (χ3n) is 2.79. The summed E-state index contributed by atoms with van der Waals surface area (Å²) in [6, 6.07) is 14.9. The molecule has 6 heteroatoms. The van der Waals surface area contributed by atoms with Crippen LogP contribution in [0, 0.1) is 0 Å². The second kappa shape index (κ2) is 5.88. The monoisotopic (exact) mass is 343 g/mol. The average molecular weight is 344 g/mol. The standard InChI is InChI=1S/C15H10BrN3O2/c16-12-6-7-14(11(8-12)9-20)21-15-17-10-19(18-15)13-4-2-1-3-5-13/h1-10H. The highest BCUT2D eigenvalue weighted by atomic mass is 79.9. The van der Waals surface area contributed by atoms with Crippen LogP contribution < -0.4 is 4.74 Å². The molecule has 21 heavy (non-hydrogen) atoms. The first-order valence-electron chi connectivity index (χ1n) is 6.16. The van der Waals surface area contributed by atoms with Crippen LogP contribution in [0.3, 0.4) is 0 Å². The van der Waals surface area contributed by atoms with Gasteiger partial charge in [0.05, 0.1) is 11.3 Å². The Kier molecular flexibility index (Phi) is 3.79. The number of ether oxygens (including phenoxy) is 1. The van der Waals surface area contributed by atoms with E-state index in [1.807, 2.05) is 30.3 Å². The summed E-state index contributed by atoms with van der Waals surface area (Å²) < 4.78 is 7.97. The summed E-state index contributed by atoms with van der Waals surface area (Å²) in [4.78, 5) is 15.1. The van der Waals surface area contributed by atoms with E-state index < -0.39 is 0 Å². The van der Waals surface area contributed by atoms with Crippen LogP contribution in [0.15, 0.2) is 59.3 Å². The molecule has 2 aromatic carbocycles. The molecule has 0 saturated heterocycles. The van der Waals surface area contributed by atoms with Gasteiger partial charge in [-0.1, -0.05) is 34.1 Å². The van der Waals surface area contributed by atoms with Crippen molar-refractivity contribution in [1.29, 1.82) is 0 Å². The number of hydrogen-bond donors (Lipinski definition) is 0. The van der Waals surface area contributed by atoms with Crippen LogP contribution in [0.2, 0.25) is 0 Å². The Hall–Kier alpha value is -2.47. The van der Waals surface area contributed by atoms with Crippen LogP contribution in [0.5, 0.6) is 11.8 Å². The van der Waals surface area contributed by atoms with Gasteiger partial charge in [-0.2, -0.15) is 4.98 Å². The summed E-state index contributed by atoms with van der Waals surface area (Å²) in [5.41, 5.74) is 1.31. The molecule has 0 aliphatic heterocycles. The Bertz CT molecular complexity index is 772. The van der Waals surface area contributed by atoms with Crippen molar-refractivity contribution >= 4 is 22.2 Å². The van der Waals surface area contributed by atoms with Crippen LogP contribution in [-0.2, 0) is 0 Å². The first-order valence-corrected chi connectivity index (χ1v) is 6.95. The molecule has 3 rings (SSSR count). The van der Waals surface area contributed by atoms with Gasteiger partial charge in [-0.15, -0.1) is 5.10 Å². The molecule has 0 spiro atoms. The molecule has 5 nitrogen and oxygen atoms in total. The smallest absolute Gasteiger partial charge is 0.341 e. The van der Waals surface area contributed by atoms with Gasteiger partial charge in [0.15, 0.2) is 6.29 Å². The van der Waals surface area contributed by atoms with Crippen molar-refractivity contribution in [3.05, 3.63) is 64.9 Å². The molecule has 0 amide bonds. The van der Waals surface area contributed by atoms with Crippen LogP contribution >= 0.6 is 15.9 Å². The van der Waals surface area contributed by atoms with E-state index in [4.69, 9.17) is 4.74 Å². The van der Waals surface area contributed by atoms with Gasteiger partial charge in [-0.3, -0.25) is 4.79 Å². The van der Waals surface area contributed by atoms with Gasteiger partial charge in [0.2, 0.25) is 0 Å². The maximum absolute atomic E-state index is 11.0. The maximum Gasteiger partial charge on any atom is 0.341 e. The van der Waals surface area contributed by atoms with Gasteiger partial charge in [-0.05, 0) is 30.3 Å². The lowest BCUT2D eigenvalue weighted by Gasteiger charge is -2.04. The third-order valence-corrected chi connectivity index (χ3v) is 3.28. The summed E-state index contributed by atoms with van der Waals surface area (Å²) in [5, 5.41) is 4.23. The Labute approximate surface area is 129 Å². The van der Waals surface area contributed by atoms with Gasteiger partial charge in [0, 0.05) is 4.47 Å². The molecule has 0 fully saturated rings. The zero-order valence-corrected chi connectivity index (χ0v) is 12.4. The zero-order chi connectivity index (χ0) is 14.7. The fourth-order valence-corrected chi connectivity index (χ4v) is 2.18. The quantitative estimate of drug-likeness (QED) is 0.678. The van der Waals surface area contributed by atoms with Crippen molar-refractivity contribution < 1.29 is 9.53 Å². The molecule has 0 aliphatic carbocycles. The number of benzene rings is 2. The number of para-hydroxylation sites is 1. The summed E-state index contributed by atoms with van der Waals surface area (Å²) in [6.45, 7) is 0. The van der Waals surface area contributed by atoms with Crippen molar-refractivity contribution in [3.8, 4) is 17.4 Å². The number of carbonyl (C=O) groups excluding carboxylic acids is 1. The van der Waals surface area contributed by atoms with Crippen LogP contribution in [0.1, 0.15) is 10.4 Å². The molecule has 104 valence electrons. The molecule has 1 heterocycles. The molecular weight excluding hydrogens is 334 g/mol. The minimum Gasteiger partial charge on any atom is -0.422 e. The molecule has 0 atom stereocenters. The summed E-state index contributed by atoms with van der Waals surface area (Å²) in [6.07, 6.45) is 2.29. The van der Waals surface area contributed by atoms with E-state index in [9.17, 15) is 4.79 Å². The molecule has 1 aromatic heterocycles. The lowest BCUT2D eigenvalue weighted by molar-refractivity contribution is 0.112. The highest BCUT2D eigenvalue weighted by Gasteiger charge is 2.09. The molecule has 0 aliphatic rings. The lowest BCUT2D eigenvalue weighted by atomic mass is 10.2. The maximum atomic E-state index is 11.0. The molecule has 3 aromatic rings. The minimum absolute atomic E-state index is 0.185. The van der Waals surface area contributed by atoms with Crippen molar-refractivity contribution in [2.75, 3.05) is 0 Å². The SMILES string of the molecule is O=Cc1cc(Br)ccc1Oc1ncn(-c2ccccc2)n1. The van der Waals surface area contributed by atoms with E-state index in [0.717, 1.165) is 16.4 Å². The first kappa shape index (κ1) is 13.5. The molecule has 0 unspecified atom stereocenters. The van der Waals surface area contributed by atoms with Gasteiger partial charge in [0.1, 0.15) is 12.1 Å². The van der Waals surface area contributed by atoms with Gasteiger partial charge < -0.3 is 4.74 Å². The zero-order valence-electron chi connectivity index (χ0n) is 10.8. The van der Waals surface area contributed by atoms with E-state index >= 15 is 0 Å². The fourth-order valence-electron chi connectivity index (χ4n) is 1.80. The first-order chi connectivity index (χ1) is 10.3. The third kappa shape index (κ3) is 3.00. The largest absolute Gasteiger partial charge is 0.422 e. The Morgan fingerprint density at radius 2 is 1.95 bits per heavy atom. The van der Waals surface area contributed by atoms with E-state index in [1.165, 1.54) is 0 Å². The van der Waals surface area contributed by atoms with Gasteiger partial charge >= 0.3 is 6.01 Å². The number of nitrogens with zero attached hydrogens (tertiary/aromatic N) is 3. The summed E-state index contributed by atoms with van der Waals surface area (Å²) in [5.74, 6) is 0.416. The fraction of sp³-hybridized carbons (Fsp3) is 0. The van der Waals surface area contributed by atoms with Crippen molar-refractivity contribution in [3.63, 3.8) is 0 Å². The number of aromatic nitrogens is 3. The number of halogens is 1. The van der Waals surface area contributed by atoms with Crippen LogP contribution in [0.25, 0.3) is 5.69 Å². The molecule has 0 saturated carbocycles. The number of rotatable bonds is 4. The van der Waals surface area contributed by atoms with Crippen LogP contribution in [0.4, 0.5) is 0 Å². The van der Waals surface area contributed by atoms with E-state index in [1.54, 1.807) is 29.2 Å². The van der Waals surface area contributed by atoms with E-state index in [0.29, 0.717) is 11.3 Å². The average Bonchev–Trinajstić information content (AvgIpc) is 2.98. The Morgan fingerprint density at radius 3 is 2.71 bits per heavy atom. The molecule has 0 bridgehead atoms. The Balaban J connectivity index is 1.87. The van der Waals surface area contributed by atoms with Gasteiger partial charge in [-0.25, -0.2) is 4.68 Å². The van der Waals surface area contributed by atoms with Crippen LogP contribution in [-0.4, -0.2) is 21.1 Å². The second-order valence-electron chi connectivity index (χ2n) is 4.21.